The van der Waals surface area contributed by atoms with E-state index in [1.807, 2.05) is 55.1 Å². The highest BCUT2D eigenvalue weighted by Crippen LogP contribution is 2.40. The summed E-state index contributed by atoms with van der Waals surface area (Å²) in [6, 6.07) is 11.4. The van der Waals surface area contributed by atoms with E-state index in [0.717, 1.165) is 27.9 Å². The largest absolute Gasteiger partial charge is 0.469 e. The van der Waals surface area contributed by atoms with Crippen molar-refractivity contribution in [1.82, 2.24) is 34.7 Å². The zero-order valence-electron chi connectivity index (χ0n) is 19.6. The quantitative estimate of drug-likeness (QED) is 0.321. The number of nitrogens with one attached hydrogen (secondary N) is 2. The lowest BCUT2D eigenvalue weighted by molar-refractivity contribution is 0.280. The van der Waals surface area contributed by atoms with Gasteiger partial charge >= 0.3 is 0 Å². The molecule has 0 saturated carbocycles. The van der Waals surface area contributed by atoms with Gasteiger partial charge in [-0.15, -0.1) is 0 Å². The molecular formula is C26H22N8O2. The maximum atomic E-state index is 12.9. The van der Waals surface area contributed by atoms with Crippen LogP contribution < -0.4 is 16.0 Å². The molecule has 0 bridgehead atoms. The third kappa shape index (κ3) is 3.47. The molecule has 6 aromatic rings. The maximum Gasteiger partial charge on any atom is 0.260 e. The average Bonchev–Trinajstić information content (AvgIpc) is 3.52. The Morgan fingerprint density at radius 2 is 2.03 bits per heavy atom. The van der Waals surface area contributed by atoms with Gasteiger partial charge in [-0.25, -0.2) is 15.0 Å². The maximum absolute atomic E-state index is 12.9. The molecule has 0 aliphatic rings. The normalized spacial score (nSPS) is 11.4. The molecule has 0 spiro atoms. The van der Waals surface area contributed by atoms with Crippen molar-refractivity contribution in [3.63, 3.8) is 0 Å². The third-order valence-electron chi connectivity index (χ3n) is 6.33. The zero-order valence-corrected chi connectivity index (χ0v) is 19.6. The SMILES string of the molecule is Cc1ccc2[nH]ncc2c1-c1cc(-c2cccc(OCc3nccn3C)n2)c2nc[nH]c(=O)c2c1N. The molecule has 0 amide bonds. The molecular weight excluding hydrogens is 456 g/mol. The number of aryl methyl sites for hydroxylation is 2. The van der Waals surface area contributed by atoms with Gasteiger partial charge in [0.15, 0.2) is 0 Å². The van der Waals surface area contributed by atoms with Crippen LogP contribution in [0.25, 0.3) is 44.2 Å². The van der Waals surface area contributed by atoms with Crippen molar-refractivity contribution in [2.45, 2.75) is 13.5 Å². The molecule has 36 heavy (non-hydrogen) atoms. The van der Waals surface area contributed by atoms with Gasteiger partial charge < -0.3 is 20.0 Å². The minimum Gasteiger partial charge on any atom is -0.469 e. The first kappa shape index (κ1) is 21.5. The fourth-order valence-corrected chi connectivity index (χ4v) is 4.48. The van der Waals surface area contributed by atoms with Crippen molar-refractivity contribution in [2.24, 2.45) is 7.05 Å². The Balaban J connectivity index is 1.55. The number of anilines is 1. The van der Waals surface area contributed by atoms with E-state index in [4.69, 9.17) is 15.5 Å². The van der Waals surface area contributed by atoms with Gasteiger partial charge in [-0.1, -0.05) is 12.1 Å². The molecule has 2 aromatic carbocycles. The van der Waals surface area contributed by atoms with Crippen molar-refractivity contribution >= 4 is 27.5 Å². The lowest BCUT2D eigenvalue weighted by atomic mass is 9.91. The van der Waals surface area contributed by atoms with Crippen LogP contribution in [0.5, 0.6) is 5.88 Å². The van der Waals surface area contributed by atoms with E-state index in [-0.39, 0.29) is 12.2 Å². The van der Waals surface area contributed by atoms with Crippen LogP contribution in [0, 0.1) is 6.92 Å². The van der Waals surface area contributed by atoms with Gasteiger partial charge in [0, 0.05) is 42.0 Å². The lowest BCUT2D eigenvalue weighted by Gasteiger charge is -2.16. The number of nitrogen functional groups attached to an aromatic ring is 1. The van der Waals surface area contributed by atoms with Crippen LogP contribution in [0.15, 0.2) is 66.1 Å². The van der Waals surface area contributed by atoms with E-state index in [0.29, 0.717) is 39.3 Å². The predicted molar refractivity (Wildman–Crippen MR) is 137 cm³/mol. The molecule has 178 valence electrons. The number of ether oxygens (including phenoxy) is 1. The topological polar surface area (TPSA) is 140 Å². The summed E-state index contributed by atoms with van der Waals surface area (Å²) in [5, 5.41) is 8.42. The number of nitrogens with zero attached hydrogens (tertiary/aromatic N) is 5. The number of rotatable bonds is 5. The van der Waals surface area contributed by atoms with Crippen molar-refractivity contribution in [2.75, 3.05) is 5.73 Å². The van der Waals surface area contributed by atoms with Crippen LogP contribution in [0.4, 0.5) is 5.69 Å². The molecule has 0 atom stereocenters. The average molecular weight is 479 g/mol. The molecule has 0 saturated heterocycles. The first-order chi connectivity index (χ1) is 17.5. The summed E-state index contributed by atoms with van der Waals surface area (Å²) >= 11 is 0. The van der Waals surface area contributed by atoms with E-state index < -0.39 is 0 Å². The van der Waals surface area contributed by atoms with Gasteiger partial charge in [-0.05, 0) is 36.2 Å². The van der Waals surface area contributed by atoms with E-state index in [2.05, 4.69) is 25.1 Å². The molecule has 0 aliphatic carbocycles. The fraction of sp³-hybridized carbons (Fsp3) is 0.115. The van der Waals surface area contributed by atoms with Gasteiger partial charge in [0.2, 0.25) is 5.88 Å². The summed E-state index contributed by atoms with van der Waals surface area (Å²) in [7, 11) is 1.91. The van der Waals surface area contributed by atoms with Crippen molar-refractivity contribution in [3.8, 4) is 28.3 Å². The Hall–Kier alpha value is -4.99. The smallest absolute Gasteiger partial charge is 0.260 e. The number of H-pyrrole nitrogens is 2. The van der Waals surface area contributed by atoms with E-state index in [1.54, 1.807) is 18.5 Å². The molecule has 4 N–H and O–H groups in total. The summed E-state index contributed by atoms with van der Waals surface area (Å²) in [4.78, 5) is 29.1. The molecule has 0 fully saturated rings. The molecule has 0 unspecified atom stereocenters. The first-order valence-corrected chi connectivity index (χ1v) is 11.3. The number of hydrogen-bond donors (Lipinski definition) is 3. The van der Waals surface area contributed by atoms with Gasteiger partial charge in [0.1, 0.15) is 12.4 Å². The summed E-state index contributed by atoms with van der Waals surface area (Å²) in [5.41, 5.74) is 11.9. The minimum atomic E-state index is -0.320. The van der Waals surface area contributed by atoms with Crippen LogP contribution in [0.1, 0.15) is 11.4 Å². The summed E-state index contributed by atoms with van der Waals surface area (Å²) in [6.07, 6.45) is 6.71. The molecule has 6 rings (SSSR count). The Morgan fingerprint density at radius 1 is 1.14 bits per heavy atom. The summed E-state index contributed by atoms with van der Waals surface area (Å²) in [6.45, 7) is 2.27. The lowest BCUT2D eigenvalue weighted by Crippen LogP contribution is -2.11. The van der Waals surface area contributed by atoms with Crippen LogP contribution >= 0.6 is 0 Å². The Bertz CT molecular complexity index is 1810. The highest BCUT2D eigenvalue weighted by atomic mass is 16.5. The van der Waals surface area contributed by atoms with E-state index >= 15 is 0 Å². The Labute approximate surface area is 204 Å². The van der Waals surface area contributed by atoms with Gasteiger partial charge in [-0.3, -0.25) is 9.89 Å². The number of aromatic nitrogens is 7. The van der Waals surface area contributed by atoms with Crippen LogP contribution in [0.2, 0.25) is 0 Å². The minimum absolute atomic E-state index is 0.271. The van der Waals surface area contributed by atoms with Gasteiger partial charge in [-0.2, -0.15) is 5.10 Å². The monoisotopic (exact) mass is 478 g/mol. The number of hydrogen-bond acceptors (Lipinski definition) is 7. The molecule has 10 nitrogen and oxygen atoms in total. The number of aromatic amines is 2. The molecule has 10 heteroatoms. The second-order valence-electron chi connectivity index (χ2n) is 8.53. The van der Waals surface area contributed by atoms with E-state index in [1.165, 1.54) is 6.33 Å². The Morgan fingerprint density at radius 3 is 2.86 bits per heavy atom. The van der Waals surface area contributed by atoms with E-state index in [9.17, 15) is 4.79 Å². The van der Waals surface area contributed by atoms with Crippen LogP contribution in [-0.2, 0) is 13.7 Å². The molecule has 4 aromatic heterocycles. The third-order valence-corrected chi connectivity index (χ3v) is 6.33. The molecule has 0 radical (unpaired) electrons. The highest BCUT2D eigenvalue weighted by molar-refractivity contribution is 6.09. The summed E-state index contributed by atoms with van der Waals surface area (Å²) in [5.74, 6) is 1.21. The van der Waals surface area contributed by atoms with Crippen molar-refractivity contribution in [3.05, 3.63) is 83.1 Å². The number of benzene rings is 2. The van der Waals surface area contributed by atoms with Crippen LogP contribution in [0.3, 0.4) is 0 Å². The second kappa shape index (κ2) is 8.35. The number of imidazole rings is 1. The second-order valence-corrected chi connectivity index (χ2v) is 8.53. The number of nitrogens with two attached hydrogens (primary N) is 1. The standard InChI is InChI=1S/C26H22N8O2/c1-14-6-7-19-17(11-31-33-19)22(14)16-10-15(25-23(24(16)27)26(35)30-13-29-25)18-4-3-5-21(32-18)36-12-20-28-8-9-34(20)2/h3-11,13H,12,27H2,1-2H3,(H,31,33)(H,29,30,35). The van der Waals surface area contributed by atoms with Crippen molar-refractivity contribution < 1.29 is 4.74 Å². The molecule has 4 heterocycles. The number of pyridine rings is 1. The highest BCUT2D eigenvalue weighted by Gasteiger charge is 2.20. The Kier molecular flexibility index (Phi) is 4.99. The first-order valence-electron chi connectivity index (χ1n) is 11.3. The predicted octanol–water partition coefficient (Wildman–Crippen LogP) is 3.73. The van der Waals surface area contributed by atoms with Gasteiger partial charge in [0.05, 0.1) is 40.3 Å². The fourth-order valence-electron chi connectivity index (χ4n) is 4.48. The van der Waals surface area contributed by atoms with Gasteiger partial charge in [0.25, 0.3) is 5.56 Å². The van der Waals surface area contributed by atoms with Crippen molar-refractivity contribution in [1.29, 1.82) is 0 Å². The zero-order chi connectivity index (χ0) is 24.8. The van der Waals surface area contributed by atoms with Crippen LogP contribution in [-0.4, -0.2) is 34.7 Å². The number of fused-ring (bicyclic) bond motifs is 2. The summed E-state index contributed by atoms with van der Waals surface area (Å²) < 4.78 is 7.80. The molecule has 0 aliphatic heterocycles.